The summed E-state index contributed by atoms with van der Waals surface area (Å²) in [5, 5.41) is 15.1. The normalized spacial score (nSPS) is 20.0. The lowest BCUT2D eigenvalue weighted by molar-refractivity contribution is -0.139. The largest absolute Gasteiger partial charge is 0.480 e. The predicted molar refractivity (Wildman–Crippen MR) is 96.7 cm³/mol. The third-order valence-electron chi connectivity index (χ3n) is 5.14. The van der Waals surface area contributed by atoms with Crippen LogP contribution in [-0.4, -0.2) is 27.1 Å². The quantitative estimate of drug-likeness (QED) is 0.455. The Morgan fingerprint density at radius 1 is 1.00 bits per heavy atom. The van der Waals surface area contributed by atoms with Crippen LogP contribution in [0.1, 0.15) is 22.9 Å². The fourth-order valence-electron chi connectivity index (χ4n) is 3.97. The van der Waals surface area contributed by atoms with Gasteiger partial charge in [0.05, 0.1) is 6.04 Å². The zero-order chi connectivity index (χ0) is 17.0. The number of carbonyl (C=O) groups is 1. The maximum Gasteiger partial charge on any atom is 0.321 e. The Morgan fingerprint density at radius 2 is 1.72 bits per heavy atom. The SMILES string of the molecule is O=C(O)[C@H]1Cc2c([nH]c3ccccc23)[C@@H](c2c[nH]c3ccccc23)N1. The van der Waals surface area contributed by atoms with Gasteiger partial charge < -0.3 is 15.1 Å². The van der Waals surface area contributed by atoms with E-state index in [0.29, 0.717) is 6.42 Å². The molecular weight excluding hydrogens is 314 g/mol. The molecule has 4 aromatic rings. The van der Waals surface area contributed by atoms with Gasteiger partial charge in [0.15, 0.2) is 0 Å². The van der Waals surface area contributed by atoms with E-state index in [1.54, 1.807) is 0 Å². The summed E-state index contributed by atoms with van der Waals surface area (Å²) in [6, 6.07) is 15.4. The molecule has 2 atom stereocenters. The first kappa shape index (κ1) is 14.3. The molecule has 25 heavy (non-hydrogen) atoms. The van der Waals surface area contributed by atoms with Crippen molar-refractivity contribution >= 4 is 27.8 Å². The van der Waals surface area contributed by atoms with Crippen molar-refractivity contribution in [3.8, 4) is 0 Å². The topological polar surface area (TPSA) is 80.9 Å². The van der Waals surface area contributed by atoms with Gasteiger partial charge in [-0.15, -0.1) is 0 Å². The number of aromatic amines is 2. The number of aliphatic carboxylic acids is 1. The van der Waals surface area contributed by atoms with Gasteiger partial charge in [0.1, 0.15) is 6.04 Å². The monoisotopic (exact) mass is 331 g/mol. The minimum absolute atomic E-state index is 0.187. The molecule has 0 amide bonds. The minimum atomic E-state index is -0.819. The molecule has 2 aromatic heterocycles. The van der Waals surface area contributed by atoms with Gasteiger partial charge in [-0.2, -0.15) is 0 Å². The molecule has 0 unspecified atom stereocenters. The molecule has 0 spiro atoms. The van der Waals surface area contributed by atoms with E-state index in [2.05, 4.69) is 27.4 Å². The Bertz CT molecular complexity index is 1110. The molecule has 0 saturated heterocycles. The summed E-state index contributed by atoms with van der Waals surface area (Å²) in [5.74, 6) is -0.819. The molecule has 0 bridgehead atoms. The summed E-state index contributed by atoms with van der Waals surface area (Å²) in [6.45, 7) is 0. The Morgan fingerprint density at radius 3 is 2.52 bits per heavy atom. The van der Waals surface area contributed by atoms with Gasteiger partial charge in [0, 0.05) is 45.7 Å². The van der Waals surface area contributed by atoms with Gasteiger partial charge in [0.2, 0.25) is 0 Å². The van der Waals surface area contributed by atoms with E-state index < -0.39 is 12.0 Å². The standard InChI is InChI=1S/C20H17N3O2/c24-20(25)17-9-13-11-5-2-4-8-16(11)22-18(13)19(23-17)14-10-21-15-7-3-1-6-12(14)15/h1-8,10,17,19,21-23H,9H2,(H,24,25)/t17-,19-/m1/s1. The molecule has 1 aliphatic rings. The first-order valence-electron chi connectivity index (χ1n) is 8.36. The van der Waals surface area contributed by atoms with E-state index in [4.69, 9.17) is 0 Å². The molecular formula is C20H17N3O2. The Kier molecular flexibility index (Phi) is 2.99. The van der Waals surface area contributed by atoms with Crippen LogP contribution in [0.25, 0.3) is 21.8 Å². The van der Waals surface area contributed by atoms with Crippen molar-refractivity contribution in [1.82, 2.24) is 15.3 Å². The first-order chi connectivity index (χ1) is 12.2. The van der Waals surface area contributed by atoms with E-state index in [1.165, 1.54) is 0 Å². The molecule has 5 rings (SSSR count). The van der Waals surface area contributed by atoms with Gasteiger partial charge in [-0.05, 0) is 17.7 Å². The number of hydrogen-bond donors (Lipinski definition) is 4. The molecule has 124 valence electrons. The van der Waals surface area contributed by atoms with Crippen LogP contribution in [0.5, 0.6) is 0 Å². The summed E-state index contributed by atoms with van der Waals surface area (Å²) < 4.78 is 0. The highest BCUT2D eigenvalue weighted by Gasteiger charge is 2.34. The number of benzene rings is 2. The highest BCUT2D eigenvalue weighted by atomic mass is 16.4. The second-order valence-electron chi connectivity index (χ2n) is 6.55. The van der Waals surface area contributed by atoms with Crippen LogP contribution in [0.2, 0.25) is 0 Å². The van der Waals surface area contributed by atoms with Gasteiger partial charge in [-0.3, -0.25) is 10.1 Å². The molecule has 0 fully saturated rings. The van der Waals surface area contributed by atoms with E-state index in [-0.39, 0.29) is 6.04 Å². The summed E-state index contributed by atoms with van der Waals surface area (Å²) in [5.41, 5.74) is 5.31. The van der Waals surface area contributed by atoms with Crippen molar-refractivity contribution in [3.05, 3.63) is 71.5 Å². The molecule has 4 N–H and O–H groups in total. The number of H-pyrrole nitrogens is 2. The summed E-state index contributed by atoms with van der Waals surface area (Å²) in [7, 11) is 0. The Balaban J connectivity index is 1.75. The molecule has 5 nitrogen and oxygen atoms in total. The van der Waals surface area contributed by atoms with Crippen molar-refractivity contribution in [3.63, 3.8) is 0 Å². The Labute approximate surface area is 143 Å². The number of aromatic nitrogens is 2. The van der Waals surface area contributed by atoms with Gasteiger partial charge in [-0.1, -0.05) is 36.4 Å². The molecule has 3 heterocycles. The van der Waals surface area contributed by atoms with Gasteiger partial charge >= 0.3 is 5.97 Å². The number of carboxylic acid groups (broad SMARTS) is 1. The number of nitrogens with one attached hydrogen (secondary N) is 3. The number of carboxylic acids is 1. The van der Waals surface area contributed by atoms with Crippen molar-refractivity contribution < 1.29 is 9.90 Å². The molecule has 0 saturated carbocycles. The molecule has 0 radical (unpaired) electrons. The van der Waals surface area contributed by atoms with E-state index >= 15 is 0 Å². The summed E-state index contributed by atoms with van der Waals surface area (Å²) >= 11 is 0. The lowest BCUT2D eigenvalue weighted by Gasteiger charge is -2.29. The maximum atomic E-state index is 11.7. The van der Waals surface area contributed by atoms with Crippen LogP contribution >= 0.6 is 0 Å². The number of hydrogen-bond acceptors (Lipinski definition) is 2. The van der Waals surface area contributed by atoms with Crippen LogP contribution in [0, 0.1) is 0 Å². The van der Waals surface area contributed by atoms with E-state index in [1.807, 2.05) is 42.6 Å². The van der Waals surface area contributed by atoms with Gasteiger partial charge in [-0.25, -0.2) is 0 Å². The smallest absolute Gasteiger partial charge is 0.321 e. The Hall–Kier alpha value is -3.05. The van der Waals surface area contributed by atoms with E-state index in [9.17, 15) is 9.90 Å². The minimum Gasteiger partial charge on any atom is -0.480 e. The molecule has 2 aromatic carbocycles. The third-order valence-corrected chi connectivity index (χ3v) is 5.14. The zero-order valence-electron chi connectivity index (χ0n) is 13.4. The molecule has 1 aliphatic heterocycles. The third kappa shape index (κ3) is 2.09. The number of rotatable bonds is 2. The fraction of sp³-hybridized carbons (Fsp3) is 0.150. The number of fused-ring (bicyclic) bond motifs is 4. The van der Waals surface area contributed by atoms with Gasteiger partial charge in [0.25, 0.3) is 0 Å². The lowest BCUT2D eigenvalue weighted by atomic mass is 9.90. The maximum absolute atomic E-state index is 11.7. The van der Waals surface area contributed by atoms with Crippen LogP contribution in [-0.2, 0) is 11.2 Å². The van der Waals surface area contributed by atoms with Crippen molar-refractivity contribution in [2.45, 2.75) is 18.5 Å². The second kappa shape index (κ2) is 5.22. The summed E-state index contributed by atoms with van der Waals surface area (Å²) in [6.07, 6.45) is 2.45. The van der Waals surface area contributed by atoms with E-state index in [0.717, 1.165) is 38.6 Å². The highest BCUT2D eigenvalue weighted by Crippen LogP contribution is 2.37. The van der Waals surface area contributed by atoms with Crippen LogP contribution in [0.4, 0.5) is 0 Å². The van der Waals surface area contributed by atoms with Crippen LogP contribution in [0.3, 0.4) is 0 Å². The lowest BCUT2D eigenvalue weighted by Crippen LogP contribution is -2.44. The molecule has 0 aliphatic carbocycles. The zero-order valence-corrected chi connectivity index (χ0v) is 13.4. The first-order valence-corrected chi connectivity index (χ1v) is 8.36. The van der Waals surface area contributed by atoms with Crippen molar-refractivity contribution in [1.29, 1.82) is 0 Å². The van der Waals surface area contributed by atoms with Crippen LogP contribution < -0.4 is 5.32 Å². The number of para-hydroxylation sites is 2. The fourth-order valence-corrected chi connectivity index (χ4v) is 3.97. The average Bonchev–Trinajstić information content (AvgIpc) is 3.22. The second-order valence-corrected chi connectivity index (χ2v) is 6.55. The average molecular weight is 331 g/mol. The van der Waals surface area contributed by atoms with Crippen molar-refractivity contribution in [2.24, 2.45) is 0 Å². The highest BCUT2D eigenvalue weighted by molar-refractivity contribution is 5.89. The predicted octanol–water partition coefficient (Wildman–Crippen LogP) is 3.34. The van der Waals surface area contributed by atoms with Crippen LogP contribution in [0.15, 0.2) is 54.7 Å². The summed E-state index contributed by atoms with van der Waals surface area (Å²) in [4.78, 5) is 18.5. The molecule has 5 heteroatoms. The van der Waals surface area contributed by atoms with Crippen molar-refractivity contribution in [2.75, 3.05) is 0 Å².